The highest BCUT2D eigenvalue weighted by atomic mass is 16.6. The maximum absolute atomic E-state index is 13.1. The van der Waals surface area contributed by atoms with E-state index in [1.165, 1.54) is 0 Å². The molecule has 1 fully saturated rings. The summed E-state index contributed by atoms with van der Waals surface area (Å²) in [4.78, 5) is 33.9. The van der Waals surface area contributed by atoms with E-state index in [0.29, 0.717) is 48.8 Å². The van der Waals surface area contributed by atoms with Gasteiger partial charge in [-0.05, 0) is 24.3 Å². The van der Waals surface area contributed by atoms with E-state index in [9.17, 15) is 9.59 Å². The number of para-hydroxylation sites is 3. The van der Waals surface area contributed by atoms with Gasteiger partial charge in [-0.25, -0.2) is 0 Å². The van der Waals surface area contributed by atoms with Crippen LogP contribution in [0.1, 0.15) is 10.4 Å². The third-order valence-corrected chi connectivity index (χ3v) is 5.53. The number of nitrogens with zero attached hydrogens (tertiary/aromatic N) is 3. The van der Waals surface area contributed by atoms with Gasteiger partial charge >= 0.3 is 0 Å². The molecule has 2 amide bonds. The Morgan fingerprint density at radius 1 is 0.867 bits per heavy atom. The lowest BCUT2D eigenvalue weighted by atomic mass is 10.1. The highest BCUT2D eigenvalue weighted by molar-refractivity contribution is 6.05. The molecule has 2 aliphatic heterocycles. The molecule has 0 N–H and O–H groups in total. The minimum absolute atomic E-state index is 0.0578. The van der Waals surface area contributed by atoms with Crippen LogP contribution in [0.2, 0.25) is 0 Å². The molecule has 0 saturated carbocycles. The van der Waals surface area contributed by atoms with Gasteiger partial charge in [0.05, 0.1) is 11.1 Å². The van der Waals surface area contributed by atoms with Crippen molar-refractivity contribution in [1.29, 1.82) is 0 Å². The van der Waals surface area contributed by atoms with Gasteiger partial charge in [-0.15, -0.1) is 0 Å². The zero-order chi connectivity index (χ0) is 20.5. The average molecular weight is 403 g/mol. The number of rotatable bonds is 2. The summed E-state index contributed by atoms with van der Waals surface area (Å²) in [7, 11) is 0. The van der Waals surface area contributed by atoms with E-state index in [1.54, 1.807) is 28.1 Å². The molecule has 0 unspecified atom stereocenters. The molecule has 7 nitrogen and oxygen atoms in total. The molecule has 7 heteroatoms. The highest BCUT2D eigenvalue weighted by Crippen LogP contribution is 2.31. The maximum atomic E-state index is 13.1. The van der Waals surface area contributed by atoms with Gasteiger partial charge in [-0.3, -0.25) is 14.6 Å². The number of carbonyl (C=O) groups is 2. The molecule has 30 heavy (non-hydrogen) atoms. The molecule has 1 aromatic heterocycles. The zero-order valence-electron chi connectivity index (χ0n) is 16.4. The fourth-order valence-electron chi connectivity index (χ4n) is 3.92. The van der Waals surface area contributed by atoms with Crippen LogP contribution < -0.4 is 9.47 Å². The molecule has 1 atom stereocenters. The van der Waals surface area contributed by atoms with Gasteiger partial charge in [-0.1, -0.05) is 30.3 Å². The number of fused-ring (bicyclic) bond motifs is 2. The van der Waals surface area contributed by atoms with Crippen molar-refractivity contribution in [1.82, 2.24) is 14.8 Å². The Balaban J connectivity index is 1.24. The van der Waals surface area contributed by atoms with E-state index in [1.807, 2.05) is 42.5 Å². The van der Waals surface area contributed by atoms with Crippen LogP contribution >= 0.6 is 0 Å². The van der Waals surface area contributed by atoms with Gasteiger partial charge < -0.3 is 19.3 Å². The van der Waals surface area contributed by atoms with Crippen LogP contribution in [0.4, 0.5) is 0 Å². The summed E-state index contributed by atoms with van der Waals surface area (Å²) in [6.45, 7) is 2.06. The molecule has 1 saturated heterocycles. The van der Waals surface area contributed by atoms with Crippen LogP contribution in [-0.4, -0.2) is 65.5 Å². The van der Waals surface area contributed by atoms with Crippen LogP contribution in [-0.2, 0) is 4.79 Å². The molecule has 0 bridgehead atoms. The average Bonchev–Trinajstić information content (AvgIpc) is 2.82. The first-order chi connectivity index (χ1) is 14.7. The van der Waals surface area contributed by atoms with E-state index >= 15 is 0 Å². The summed E-state index contributed by atoms with van der Waals surface area (Å²) in [5, 5.41) is 0.937. The lowest BCUT2D eigenvalue weighted by Crippen LogP contribution is -2.55. The van der Waals surface area contributed by atoms with Gasteiger partial charge in [0.25, 0.3) is 11.8 Å². The zero-order valence-corrected chi connectivity index (χ0v) is 16.4. The Morgan fingerprint density at radius 2 is 1.60 bits per heavy atom. The molecule has 0 aliphatic carbocycles. The number of carbonyl (C=O) groups excluding carboxylic acids is 2. The largest absolute Gasteiger partial charge is 0.485 e. The van der Waals surface area contributed by atoms with Crippen molar-refractivity contribution in [2.45, 2.75) is 6.10 Å². The number of hydrogen-bond acceptors (Lipinski definition) is 5. The van der Waals surface area contributed by atoms with Gasteiger partial charge in [0, 0.05) is 37.8 Å². The lowest BCUT2D eigenvalue weighted by molar-refractivity contribution is -0.142. The quantitative estimate of drug-likeness (QED) is 0.657. The van der Waals surface area contributed by atoms with Crippen LogP contribution in [0.5, 0.6) is 11.5 Å². The Hall–Kier alpha value is -3.61. The first-order valence-electron chi connectivity index (χ1n) is 10.0. The predicted octanol–water partition coefficient (Wildman–Crippen LogP) is 2.36. The number of pyridine rings is 1. The van der Waals surface area contributed by atoms with Gasteiger partial charge in [0.1, 0.15) is 6.61 Å². The van der Waals surface area contributed by atoms with Crippen molar-refractivity contribution in [3.05, 3.63) is 66.4 Å². The fourth-order valence-corrected chi connectivity index (χ4v) is 3.92. The Morgan fingerprint density at radius 3 is 2.43 bits per heavy atom. The molecule has 3 heterocycles. The molecule has 152 valence electrons. The van der Waals surface area contributed by atoms with E-state index in [-0.39, 0.29) is 18.4 Å². The van der Waals surface area contributed by atoms with Crippen molar-refractivity contribution < 1.29 is 19.1 Å². The third kappa shape index (κ3) is 3.32. The third-order valence-electron chi connectivity index (χ3n) is 5.53. The van der Waals surface area contributed by atoms with E-state index in [4.69, 9.17) is 9.47 Å². The number of amides is 2. The minimum atomic E-state index is -0.663. The fraction of sp³-hybridized carbons (Fsp3) is 0.261. The summed E-state index contributed by atoms with van der Waals surface area (Å²) in [6.07, 6.45) is 1.03. The van der Waals surface area contributed by atoms with Crippen molar-refractivity contribution in [3.8, 4) is 11.5 Å². The first-order valence-corrected chi connectivity index (χ1v) is 10.0. The molecule has 5 rings (SSSR count). The molecule has 0 radical (unpaired) electrons. The van der Waals surface area contributed by atoms with E-state index in [2.05, 4.69) is 4.98 Å². The van der Waals surface area contributed by atoms with Crippen molar-refractivity contribution in [2.75, 3.05) is 32.8 Å². The summed E-state index contributed by atoms with van der Waals surface area (Å²) in [5.74, 6) is 1.07. The van der Waals surface area contributed by atoms with Crippen molar-refractivity contribution >= 4 is 22.7 Å². The summed E-state index contributed by atoms with van der Waals surface area (Å²) in [5.41, 5.74) is 1.29. The number of piperazine rings is 1. The smallest absolute Gasteiger partial charge is 0.267 e. The molecular formula is C23H21N3O4. The maximum Gasteiger partial charge on any atom is 0.267 e. The molecule has 0 spiro atoms. The lowest BCUT2D eigenvalue weighted by Gasteiger charge is -2.37. The molecule has 2 aromatic carbocycles. The molecule has 2 aliphatic rings. The Kier molecular flexibility index (Phi) is 4.71. The van der Waals surface area contributed by atoms with Crippen LogP contribution in [0.3, 0.4) is 0 Å². The number of aromatic nitrogens is 1. The second-order valence-electron chi connectivity index (χ2n) is 7.36. The predicted molar refractivity (Wildman–Crippen MR) is 111 cm³/mol. The van der Waals surface area contributed by atoms with Crippen LogP contribution in [0.25, 0.3) is 10.9 Å². The van der Waals surface area contributed by atoms with Crippen molar-refractivity contribution in [2.24, 2.45) is 0 Å². The monoisotopic (exact) mass is 403 g/mol. The second kappa shape index (κ2) is 7.67. The van der Waals surface area contributed by atoms with Gasteiger partial charge in [0.15, 0.2) is 11.5 Å². The first kappa shape index (κ1) is 18.4. The van der Waals surface area contributed by atoms with E-state index < -0.39 is 6.10 Å². The van der Waals surface area contributed by atoms with Crippen LogP contribution in [0, 0.1) is 0 Å². The second-order valence-corrected chi connectivity index (χ2v) is 7.36. The minimum Gasteiger partial charge on any atom is -0.485 e. The van der Waals surface area contributed by atoms with Gasteiger partial charge in [0.2, 0.25) is 6.10 Å². The summed E-state index contributed by atoms with van der Waals surface area (Å²) >= 11 is 0. The highest BCUT2D eigenvalue weighted by Gasteiger charge is 2.33. The van der Waals surface area contributed by atoms with Crippen LogP contribution in [0.15, 0.2) is 60.8 Å². The van der Waals surface area contributed by atoms with Gasteiger partial charge in [-0.2, -0.15) is 0 Å². The number of ether oxygens (including phenoxy) is 2. The Bertz CT molecular complexity index is 1100. The molecule has 3 aromatic rings. The number of hydrogen-bond donors (Lipinski definition) is 0. The summed E-state index contributed by atoms with van der Waals surface area (Å²) < 4.78 is 11.5. The Labute approximate surface area is 173 Å². The molecular weight excluding hydrogens is 382 g/mol. The van der Waals surface area contributed by atoms with E-state index in [0.717, 1.165) is 5.39 Å². The number of benzene rings is 2. The normalized spacial score (nSPS) is 18.3. The van der Waals surface area contributed by atoms with Crippen molar-refractivity contribution in [3.63, 3.8) is 0 Å². The topological polar surface area (TPSA) is 72.0 Å². The standard InChI is InChI=1S/C23H21N3O4/c27-22(17-7-3-5-16-6-4-10-24-21(16)17)25-11-13-26(14-12-25)23(28)20-15-29-18-8-1-2-9-19(18)30-20/h1-10,20H,11-15H2/t20-/m1/s1. The SMILES string of the molecule is O=C(c1cccc2cccnc12)N1CCN(C(=O)[C@H]2COc3ccccc3O2)CC1. The summed E-state index contributed by atoms with van der Waals surface area (Å²) in [6, 6.07) is 16.8.